The molecular formula is C3H5BOS. The van der Waals surface area contributed by atoms with Crippen LogP contribution in [0, 0.1) is 0 Å². The summed E-state index contributed by atoms with van der Waals surface area (Å²) in [5.74, 6) is 0. The van der Waals surface area contributed by atoms with Gasteiger partial charge in [0.2, 0.25) is 0 Å². The van der Waals surface area contributed by atoms with Crippen molar-refractivity contribution >= 4 is 17.2 Å². The summed E-state index contributed by atoms with van der Waals surface area (Å²) < 4.78 is 9.50. The molecule has 0 aliphatic rings. The van der Waals surface area contributed by atoms with Crippen LogP contribution >= 0.6 is 0 Å². The topological polar surface area (TPSA) is 17.1 Å². The van der Waals surface area contributed by atoms with Crippen molar-refractivity contribution in [2.24, 2.45) is 0 Å². The van der Waals surface area contributed by atoms with Gasteiger partial charge in [-0.15, -0.1) is 0 Å². The summed E-state index contributed by atoms with van der Waals surface area (Å²) in [6.07, 6.45) is 3.94. The van der Waals surface area contributed by atoms with Gasteiger partial charge in [-0.1, -0.05) is 0 Å². The van der Waals surface area contributed by atoms with Crippen molar-refractivity contribution in [2.75, 3.05) is 0 Å². The summed E-state index contributed by atoms with van der Waals surface area (Å²) >= 11 is 0.480. The molecule has 0 aromatic rings. The molecule has 0 amide bonds. The van der Waals surface area contributed by atoms with Gasteiger partial charge in [0.1, 0.15) is 0 Å². The molecule has 0 aromatic heterocycles. The molecule has 0 rings (SSSR count). The van der Waals surface area contributed by atoms with Gasteiger partial charge in [0, 0.05) is 0 Å². The summed E-state index contributed by atoms with van der Waals surface area (Å²) in [6.45, 7) is 3.41. The quantitative estimate of drug-likeness (QED) is 0.363. The second kappa shape index (κ2) is 4.82. The van der Waals surface area contributed by atoms with Crippen LogP contribution in [0.25, 0.3) is 0 Å². The maximum atomic E-state index is 9.50. The molecule has 0 saturated heterocycles. The standard InChI is InChI=1S/C3H5BOS/c1-2-3-4-6-5/h2H,1,3H2. The van der Waals surface area contributed by atoms with E-state index in [1.807, 2.05) is 0 Å². The Morgan fingerprint density at radius 2 is 2.67 bits per heavy atom. The summed E-state index contributed by atoms with van der Waals surface area (Å²) in [7, 11) is 0. The second-order valence-electron chi connectivity index (χ2n) is 0.787. The fraction of sp³-hybridized carbons (Fsp3) is 0.333. The summed E-state index contributed by atoms with van der Waals surface area (Å²) in [6, 6.07) is 0. The molecule has 0 aromatic carbocycles. The van der Waals surface area contributed by atoms with Crippen molar-refractivity contribution in [1.82, 2.24) is 0 Å². The molecule has 0 aliphatic heterocycles. The zero-order valence-electron chi connectivity index (χ0n) is 3.39. The molecule has 6 heavy (non-hydrogen) atoms. The Labute approximate surface area is 41.2 Å². The fourth-order valence-corrected chi connectivity index (χ4v) is 0.322. The van der Waals surface area contributed by atoms with Gasteiger partial charge in [0.25, 0.3) is 0 Å². The van der Waals surface area contributed by atoms with Crippen molar-refractivity contribution < 1.29 is 4.21 Å². The molecule has 0 atom stereocenters. The van der Waals surface area contributed by atoms with Gasteiger partial charge in [-0.3, -0.25) is 0 Å². The first-order chi connectivity index (χ1) is 2.91. The molecule has 0 fully saturated rings. The predicted octanol–water partition coefficient (Wildman–Crippen LogP) is 0.423. The summed E-state index contributed by atoms with van der Waals surface area (Å²) in [5.41, 5.74) is 0. The molecule has 3 heteroatoms. The van der Waals surface area contributed by atoms with Crippen molar-refractivity contribution in [3.63, 3.8) is 0 Å². The van der Waals surface area contributed by atoms with Crippen LogP contribution in [-0.2, 0) is 11.1 Å². The molecular weight excluding hydrogens is 94.9 g/mol. The molecule has 1 nitrogen and oxygen atoms in total. The van der Waals surface area contributed by atoms with E-state index in [0.29, 0.717) is 17.4 Å². The van der Waals surface area contributed by atoms with Crippen LogP contribution in [0.4, 0.5) is 0 Å². The van der Waals surface area contributed by atoms with E-state index in [2.05, 4.69) is 6.58 Å². The first kappa shape index (κ1) is 5.82. The Morgan fingerprint density at radius 3 is 2.83 bits per heavy atom. The predicted molar refractivity (Wildman–Crippen MR) is 28.9 cm³/mol. The van der Waals surface area contributed by atoms with Crippen LogP contribution in [0.15, 0.2) is 12.7 Å². The first-order valence-corrected chi connectivity index (χ1v) is 2.43. The first-order valence-electron chi connectivity index (χ1n) is 1.63. The third-order valence-electron chi connectivity index (χ3n) is 0.331. The molecule has 0 bridgehead atoms. The van der Waals surface area contributed by atoms with Crippen molar-refractivity contribution in [3.05, 3.63) is 12.7 Å². The van der Waals surface area contributed by atoms with Gasteiger partial charge >= 0.3 is 40.4 Å². The normalized spacial score (nSPS) is 6.00. The molecule has 0 heterocycles. The van der Waals surface area contributed by atoms with Crippen molar-refractivity contribution in [2.45, 2.75) is 6.32 Å². The van der Waals surface area contributed by atoms with E-state index in [9.17, 15) is 4.21 Å². The Balaban J connectivity index is 3.07. The molecule has 32 valence electrons. The summed E-state index contributed by atoms with van der Waals surface area (Å²) in [5, 5.41) is 0. The molecule has 0 spiro atoms. The zero-order valence-corrected chi connectivity index (χ0v) is 4.20. The van der Waals surface area contributed by atoms with E-state index >= 15 is 0 Å². The Bertz CT molecular complexity index is 84.8. The third-order valence-corrected chi connectivity index (χ3v) is 0.659. The van der Waals surface area contributed by atoms with E-state index in [1.54, 1.807) is 12.2 Å². The average molecular weight is 100.0 g/mol. The second-order valence-corrected chi connectivity index (χ2v) is 1.31. The molecule has 0 radical (unpaired) electrons. The van der Waals surface area contributed by atoms with Gasteiger partial charge in [-0.25, -0.2) is 0 Å². The number of rotatable bonds is 2. The monoisotopic (exact) mass is 100 g/mol. The summed E-state index contributed by atoms with van der Waals surface area (Å²) in [4.78, 5) is 0. The number of hydrogen-bond donors (Lipinski definition) is 0. The van der Waals surface area contributed by atoms with E-state index in [4.69, 9.17) is 0 Å². The molecule has 0 saturated carbocycles. The van der Waals surface area contributed by atoms with Crippen molar-refractivity contribution in [1.29, 1.82) is 0 Å². The zero-order chi connectivity index (χ0) is 4.83. The van der Waals surface area contributed by atoms with Crippen LogP contribution in [0.1, 0.15) is 0 Å². The van der Waals surface area contributed by atoms with Gasteiger partial charge < -0.3 is 0 Å². The van der Waals surface area contributed by atoms with E-state index in [1.165, 1.54) is 0 Å². The van der Waals surface area contributed by atoms with Crippen LogP contribution in [0.2, 0.25) is 6.32 Å². The van der Waals surface area contributed by atoms with Crippen molar-refractivity contribution in [3.8, 4) is 0 Å². The molecule has 0 aliphatic carbocycles. The number of allylic oxidation sites excluding steroid dienone is 1. The SMILES string of the molecule is C=CCB=S=O. The van der Waals surface area contributed by atoms with Crippen LogP contribution in [0.3, 0.4) is 0 Å². The van der Waals surface area contributed by atoms with E-state index in [-0.39, 0.29) is 0 Å². The van der Waals surface area contributed by atoms with Gasteiger partial charge in [0.15, 0.2) is 0 Å². The van der Waals surface area contributed by atoms with Crippen LogP contribution in [-0.4, -0.2) is 10.4 Å². The van der Waals surface area contributed by atoms with Gasteiger partial charge in [-0.2, -0.15) is 0 Å². The minimum absolute atomic E-state index is 0.480. The fourth-order valence-electron chi connectivity index (χ4n) is 0.107. The van der Waals surface area contributed by atoms with Gasteiger partial charge in [-0.05, 0) is 0 Å². The third kappa shape index (κ3) is 3.82. The molecule has 0 unspecified atom stereocenters. The Kier molecular flexibility index (Phi) is 4.68. The number of hydrogen-bond acceptors (Lipinski definition) is 1. The maximum absolute atomic E-state index is 9.50. The van der Waals surface area contributed by atoms with Gasteiger partial charge in [0.05, 0.1) is 0 Å². The van der Waals surface area contributed by atoms with Crippen LogP contribution < -0.4 is 0 Å². The minimum atomic E-state index is 0.480. The van der Waals surface area contributed by atoms with E-state index < -0.39 is 0 Å². The Morgan fingerprint density at radius 1 is 2.00 bits per heavy atom. The van der Waals surface area contributed by atoms with Crippen LogP contribution in [0.5, 0.6) is 0 Å². The van der Waals surface area contributed by atoms with E-state index in [0.717, 1.165) is 0 Å². The average Bonchev–Trinajstić information content (AvgIpc) is 1.61. The molecule has 0 N–H and O–H groups in total. The Hall–Kier alpha value is -0.175.